The van der Waals surface area contributed by atoms with Crippen molar-refractivity contribution < 1.29 is 4.74 Å². The SMILES string of the molecule is CN=C(NCCN(C)Cc1ccccc1)N1CCOC(c2cnn(C)c2)C1.I. The first-order valence-electron chi connectivity index (χ1n) is 9.44. The Kier molecular flexibility index (Phi) is 9.20. The van der Waals surface area contributed by atoms with Gasteiger partial charge in [-0.2, -0.15) is 5.10 Å². The maximum Gasteiger partial charge on any atom is 0.193 e. The molecular formula is C20H31IN6O. The zero-order chi connectivity index (χ0) is 19.1. The molecule has 1 N–H and O–H groups in total. The van der Waals surface area contributed by atoms with Crippen LogP contribution in [0, 0.1) is 0 Å². The molecule has 0 radical (unpaired) electrons. The van der Waals surface area contributed by atoms with Crippen LogP contribution in [0.25, 0.3) is 0 Å². The van der Waals surface area contributed by atoms with E-state index in [2.05, 4.69) is 62.6 Å². The lowest BCUT2D eigenvalue weighted by Crippen LogP contribution is -2.49. The number of nitrogens with one attached hydrogen (secondary N) is 1. The summed E-state index contributed by atoms with van der Waals surface area (Å²) >= 11 is 0. The van der Waals surface area contributed by atoms with Crippen molar-refractivity contribution in [3.05, 3.63) is 53.9 Å². The van der Waals surface area contributed by atoms with Gasteiger partial charge in [0.2, 0.25) is 0 Å². The molecular weight excluding hydrogens is 467 g/mol. The Labute approximate surface area is 184 Å². The van der Waals surface area contributed by atoms with Crippen LogP contribution in [0.4, 0.5) is 0 Å². The highest BCUT2D eigenvalue weighted by molar-refractivity contribution is 14.0. The van der Waals surface area contributed by atoms with Gasteiger partial charge in [-0.25, -0.2) is 0 Å². The van der Waals surface area contributed by atoms with E-state index in [4.69, 9.17) is 4.74 Å². The van der Waals surface area contributed by atoms with Crippen LogP contribution in [0.15, 0.2) is 47.7 Å². The number of aliphatic imine (C=N–C) groups is 1. The molecule has 28 heavy (non-hydrogen) atoms. The predicted molar refractivity (Wildman–Crippen MR) is 123 cm³/mol. The number of halogens is 1. The van der Waals surface area contributed by atoms with E-state index in [9.17, 15) is 0 Å². The number of benzene rings is 1. The number of aromatic nitrogens is 2. The van der Waals surface area contributed by atoms with Gasteiger partial charge < -0.3 is 19.9 Å². The largest absolute Gasteiger partial charge is 0.370 e. The summed E-state index contributed by atoms with van der Waals surface area (Å²) in [5.74, 6) is 0.931. The Bertz CT molecular complexity index is 735. The molecule has 2 heterocycles. The van der Waals surface area contributed by atoms with Crippen molar-refractivity contribution >= 4 is 29.9 Å². The Balaban J connectivity index is 0.00000280. The average Bonchev–Trinajstić information content (AvgIpc) is 3.12. The molecule has 0 saturated carbocycles. The fraction of sp³-hybridized carbons (Fsp3) is 0.500. The molecule has 1 aliphatic rings. The van der Waals surface area contributed by atoms with Crippen LogP contribution in [0.2, 0.25) is 0 Å². The minimum absolute atomic E-state index is 0. The molecule has 0 aliphatic carbocycles. The van der Waals surface area contributed by atoms with E-state index in [1.807, 2.05) is 31.2 Å². The van der Waals surface area contributed by atoms with E-state index in [-0.39, 0.29) is 30.1 Å². The lowest BCUT2D eigenvalue weighted by Gasteiger charge is -2.35. The number of hydrogen-bond acceptors (Lipinski definition) is 4. The molecule has 3 rings (SSSR count). The minimum atomic E-state index is 0. The Hall–Kier alpha value is -1.65. The maximum atomic E-state index is 5.93. The van der Waals surface area contributed by atoms with E-state index in [0.29, 0.717) is 6.61 Å². The molecule has 1 saturated heterocycles. The summed E-state index contributed by atoms with van der Waals surface area (Å²) in [6.45, 7) is 5.06. The van der Waals surface area contributed by atoms with E-state index in [1.165, 1.54) is 5.56 Å². The number of aryl methyl sites for hydroxylation is 1. The number of likely N-dealkylation sites (N-methyl/N-ethyl adjacent to an activating group) is 1. The summed E-state index contributed by atoms with van der Waals surface area (Å²) < 4.78 is 7.74. The minimum Gasteiger partial charge on any atom is -0.370 e. The highest BCUT2D eigenvalue weighted by atomic mass is 127. The summed E-state index contributed by atoms with van der Waals surface area (Å²) in [5.41, 5.74) is 2.44. The first-order chi connectivity index (χ1) is 13.2. The molecule has 7 nitrogen and oxygen atoms in total. The Morgan fingerprint density at radius 3 is 2.82 bits per heavy atom. The molecule has 1 unspecified atom stereocenters. The maximum absolute atomic E-state index is 5.93. The van der Waals surface area contributed by atoms with E-state index >= 15 is 0 Å². The van der Waals surface area contributed by atoms with Crippen molar-refractivity contribution in [2.75, 3.05) is 46.9 Å². The highest BCUT2D eigenvalue weighted by Crippen LogP contribution is 2.21. The van der Waals surface area contributed by atoms with Gasteiger partial charge in [-0.05, 0) is 12.6 Å². The molecule has 154 valence electrons. The zero-order valence-electron chi connectivity index (χ0n) is 16.9. The molecule has 8 heteroatoms. The summed E-state index contributed by atoms with van der Waals surface area (Å²) in [5, 5.41) is 7.74. The lowest BCUT2D eigenvalue weighted by atomic mass is 10.1. The second kappa shape index (κ2) is 11.4. The molecule has 1 aromatic heterocycles. The van der Waals surface area contributed by atoms with Gasteiger partial charge in [0.1, 0.15) is 6.10 Å². The standard InChI is InChI=1S/C20H30N6O.HI/c1-21-20(22-9-10-24(2)14-17-7-5-4-6-8-17)26-11-12-27-19(16-26)18-13-23-25(3)15-18;/h4-8,13,15,19H,9-12,14,16H2,1-3H3,(H,21,22);1H. The fourth-order valence-electron chi connectivity index (χ4n) is 3.31. The van der Waals surface area contributed by atoms with E-state index < -0.39 is 0 Å². The van der Waals surface area contributed by atoms with Crippen LogP contribution in [0.1, 0.15) is 17.2 Å². The summed E-state index contributed by atoms with van der Waals surface area (Å²) in [6.07, 6.45) is 3.93. The number of ether oxygens (including phenoxy) is 1. The van der Waals surface area contributed by atoms with Crippen molar-refractivity contribution in [2.45, 2.75) is 12.6 Å². The van der Waals surface area contributed by atoms with Gasteiger partial charge in [0, 0.05) is 52.0 Å². The summed E-state index contributed by atoms with van der Waals surface area (Å²) in [6, 6.07) is 10.5. The molecule has 0 amide bonds. The quantitative estimate of drug-likeness (QED) is 0.376. The van der Waals surface area contributed by atoms with Crippen LogP contribution < -0.4 is 5.32 Å². The van der Waals surface area contributed by atoms with E-state index in [1.54, 1.807) is 0 Å². The van der Waals surface area contributed by atoms with Crippen LogP contribution in [-0.4, -0.2) is 72.4 Å². The zero-order valence-corrected chi connectivity index (χ0v) is 19.2. The predicted octanol–water partition coefficient (Wildman–Crippen LogP) is 2.12. The Morgan fingerprint density at radius 1 is 1.36 bits per heavy atom. The van der Waals surface area contributed by atoms with Crippen molar-refractivity contribution in [1.29, 1.82) is 0 Å². The van der Waals surface area contributed by atoms with E-state index in [0.717, 1.165) is 44.2 Å². The molecule has 1 aromatic carbocycles. The van der Waals surface area contributed by atoms with Crippen molar-refractivity contribution in [1.82, 2.24) is 24.9 Å². The second-order valence-corrected chi connectivity index (χ2v) is 6.95. The number of nitrogens with zero attached hydrogens (tertiary/aromatic N) is 5. The third-order valence-corrected chi connectivity index (χ3v) is 4.75. The first-order valence-corrected chi connectivity index (χ1v) is 9.44. The van der Waals surface area contributed by atoms with Crippen LogP contribution in [0.5, 0.6) is 0 Å². The molecule has 0 spiro atoms. The van der Waals surface area contributed by atoms with Crippen LogP contribution >= 0.6 is 24.0 Å². The van der Waals surface area contributed by atoms with Crippen molar-refractivity contribution in [2.24, 2.45) is 12.0 Å². The highest BCUT2D eigenvalue weighted by Gasteiger charge is 2.25. The first kappa shape index (κ1) is 22.6. The van der Waals surface area contributed by atoms with Gasteiger partial charge >= 0.3 is 0 Å². The normalized spacial score (nSPS) is 17.5. The van der Waals surface area contributed by atoms with Crippen LogP contribution in [-0.2, 0) is 18.3 Å². The fourth-order valence-corrected chi connectivity index (χ4v) is 3.31. The summed E-state index contributed by atoms with van der Waals surface area (Å²) in [7, 11) is 5.91. The molecule has 1 aliphatic heterocycles. The third kappa shape index (κ3) is 6.46. The van der Waals surface area contributed by atoms with Crippen LogP contribution in [0.3, 0.4) is 0 Å². The van der Waals surface area contributed by atoms with Gasteiger partial charge in [0.15, 0.2) is 5.96 Å². The molecule has 1 fully saturated rings. The lowest BCUT2D eigenvalue weighted by molar-refractivity contribution is -0.00804. The Morgan fingerprint density at radius 2 is 2.14 bits per heavy atom. The van der Waals surface area contributed by atoms with Gasteiger partial charge in [-0.3, -0.25) is 9.67 Å². The monoisotopic (exact) mass is 498 g/mol. The number of hydrogen-bond donors (Lipinski definition) is 1. The smallest absolute Gasteiger partial charge is 0.193 e. The second-order valence-electron chi connectivity index (χ2n) is 6.95. The molecule has 1 atom stereocenters. The van der Waals surface area contributed by atoms with Gasteiger partial charge in [-0.15, -0.1) is 24.0 Å². The number of guanidine groups is 1. The number of morpholine rings is 1. The van der Waals surface area contributed by atoms with Gasteiger partial charge in [-0.1, -0.05) is 30.3 Å². The molecule has 2 aromatic rings. The average molecular weight is 498 g/mol. The van der Waals surface area contributed by atoms with Crippen molar-refractivity contribution in [3.63, 3.8) is 0 Å². The third-order valence-electron chi connectivity index (χ3n) is 4.75. The van der Waals surface area contributed by atoms with Gasteiger partial charge in [0.05, 0.1) is 19.3 Å². The van der Waals surface area contributed by atoms with Crippen molar-refractivity contribution in [3.8, 4) is 0 Å². The summed E-state index contributed by atoms with van der Waals surface area (Å²) in [4.78, 5) is 9.04. The topological polar surface area (TPSA) is 57.9 Å². The molecule has 0 bridgehead atoms. The van der Waals surface area contributed by atoms with Gasteiger partial charge in [0.25, 0.3) is 0 Å². The number of rotatable bonds is 6.